The van der Waals surface area contributed by atoms with Gasteiger partial charge < -0.3 is 4.74 Å². The number of hydrogen-bond donors (Lipinski definition) is 0. The van der Waals surface area contributed by atoms with Crippen LogP contribution < -0.4 is 4.74 Å². The molecule has 0 radical (unpaired) electrons. The lowest BCUT2D eigenvalue weighted by molar-refractivity contribution is -0.131. The molecule has 0 bridgehead atoms. The topological polar surface area (TPSA) is 65.0 Å². The van der Waals surface area contributed by atoms with Crippen LogP contribution in [0.2, 0.25) is 0 Å². The molecule has 0 atom stereocenters. The summed E-state index contributed by atoms with van der Waals surface area (Å²) in [6, 6.07) is 14.6. The van der Waals surface area contributed by atoms with Gasteiger partial charge in [0, 0.05) is 6.92 Å². The fourth-order valence-electron chi connectivity index (χ4n) is 1.89. The molecular weight excluding hydrogens is 254 g/mol. The summed E-state index contributed by atoms with van der Waals surface area (Å²) in [6.45, 7) is 1.36. The van der Waals surface area contributed by atoms with Crippen LogP contribution in [0.3, 0.4) is 0 Å². The number of carbonyl (C=O) groups excluding carboxylic acids is 1. The van der Waals surface area contributed by atoms with E-state index in [9.17, 15) is 4.79 Å². The number of ether oxygens (including phenoxy) is 1. The third-order valence-electron chi connectivity index (χ3n) is 2.74. The molecule has 3 rings (SSSR count). The van der Waals surface area contributed by atoms with Crippen LogP contribution in [0.4, 0.5) is 0 Å². The zero-order valence-corrected chi connectivity index (χ0v) is 10.8. The second-order valence-corrected chi connectivity index (χ2v) is 4.21. The van der Waals surface area contributed by atoms with Crippen LogP contribution in [-0.2, 0) is 4.79 Å². The highest BCUT2D eigenvalue weighted by atomic mass is 16.5. The molecule has 20 heavy (non-hydrogen) atoms. The predicted molar refractivity (Wildman–Crippen MR) is 74.1 cm³/mol. The van der Waals surface area contributed by atoms with Gasteiger partial charge in [-0.15, -0.1) is 10.2 Å². The highest BCUT2D eigenvalue weighted by Gasteiger charge is 2.11. The Balaban J connectivity index is 2.13. The Morgan fingerprint density at radius 2 is 1.65 bits per heavy atom. The molecule has 0 spiro atoms. The summed E-state index contributed by atoms with van der Waals surface area (Å²) in [4.78, 5) is 15.6. The summed E-state index contributed by atoms with van der Waals surface area (Å²) in [5.74, 6) is 0.476. The number of benzene rings is 2. The van der Waals surface area contributed by atoms with Gasteiger partial charge in [-0.05, 0) is 24.3 Å². The molecule has 0 saturated heterocycles. The molecule has 0 saturated carbocycles. The van der Waals surface area contributed by atoms with Gasteiger partial charge in [0.15, 0.2) is 5.82 Å². The van der Waals surface area contributed by atoms with E-state index < -0.39 is 0 Å². The standard InChI is InChI=1S/C15H11N3O2/c1-10(19)20-14-9-5-2-6-11(14)15-16-12-7-3-4-8-13(12)17-18-15/h2-9H,1H3. The Morgan fingerprint density at radius 1 is 0.950 bits per heavy atom. The van der Waals surface area contributed by atoms with Crippen molar-refractivity contribution in [1.82, 2.24) is 15.2 Å². The van der Waals surface area contributed by atoms with Crippen molar-refractivity contribution in [3.63, 3.8) is 0 Å². The van der Waals surface area contributed by atoms with Crippen LogP contribution in [0.15, 0.2) is 48.5 Å². The number of esters is 1. The molecule has 1 aromatic heterocycles. The molecule has 0 amide bonds. The minimum Gasteiger partial charge on any atom is -0.426 e. The van der Waals surface area contributed by atoms with Crippen molar-refractivity contribution in [3.05, 3.63) is 48.5 Å². The maximum atomic E-state index is 11.1. The largest absolute Gasteiger partial charge is 0.426 e. The molecule has 98 valence electrons. The number of nitrogens with zero attached hydrogens (tertiary/aromatic N) is 3. The third-order valence-corrected chi connectivity index (χ3v) is 2.74. The monoisotopic (exact) mass is 265 g/mol. The molecule has 0 fully saturated rings. The molecule has 0 N–H and O–H groups in total. The van der Waals surface area contributed by atoms with Crippen LogP contribution in [0.5, 0.6) is 5.75 Å². The molecule has 0 unspecified atom stereocenters. The van der Waals surface area contributed by atoms with Crippen LogP contribution >= 0.6 is 0 Å². The number of carbonyl (C=O) groups is 1. The Hall–Kier alpha value is -2.82. The highest BCUT2D eigenvalue weighted by Crippen LogP contribution is 2.27. The van der Waals surface area contributed by atoms with Crippen molar-refractivity contribution in [1.29, 1.82) is 0 Å². The van der Waals surface area contributed by atoms with E-state index in [4.69, 9.17) is 4.74 Å². The lowest BCUT2D eigenvalue weighted by Gasteiger charge is -2.07. The van der Waals surface area contributed by atoms with Crippen molar-refractivity contribution in [2.75, 3.05) is 0 Å². The number of fused-ring (bicyclic) bond motifs is 1. The predicted octanol–water partition coefficient (Wildman–Crippen LogP) is 2.62. The molecule has 5 nitrogen and oxygen atoms in total. The van der Waals surface area contributed by atoms with E-state index in [2.05, 4.69) is 15.2 Å². The summed E-state index contributed by atoms with van der Waals surface area (Å²) in [5, 5.41) is 8.22. The SMILES string of the molecule is CC(=O)Oc1ccccc1-c1nnc2ccccc2n1. The van der Waals surface area contributed by atoms with E-state index >= 15 is 0 Å². The zero-order chi connectivity index (χ0) is 13.9. The van der Waals surface area contributed by atoms with Gasteiger partial charge in [-0.2, -0.15) is 0 Å². The van der Waals surface area contributed by atoms with E-state index in [0.29, 0.717) is 17.1 Å². The average molecular weight is 265 g/mol. The molecule has 3 aromatic rings. The quantitative estimate of drug-likeness (QED) is 0.526. The van der Waals surface area contributed by atoms with Gasteiger partial charge in [-0.25, -0.2) is 4.98 Å². The molecule has 1 heterocycles. The molecule has 2 aromatic carbocycles. The van der Waals surface area contributed by atoms with Crippen LogP contribution in [0.25, 0.3) is 22.4 Å². The second-order valence-electron chi connectivity index (χ2n) is 4.21. The molecular formula is C15H11N3O2. The molecule has 0 aliphatic carbocycles. The normalized spacial score (nSPS) is 10.4. The lowest BCUT2D eigenvalue weighted by atomic mass is 10.2. The Labute approximate surface area is 115 Å². The van der Waals surface area contributed by atoms with Gasteiger partial charge >= 0.3 is 5.97 Å². The zero-order valence-electron chi connectivity index (χ0n) is 10.8. The highest BCUT2D eigenvalue weighted by molar-refractivity contribution is 5.78. The number of para-hydroxylation sites is 2. The van der Waals surface area contributed by atoms with Crippen molar-refractivity contribution in [2.45, 2.75) is 6.92 Å². The Morgan fingerprint density at radius 3 is 2.45 bits per heavy atom. The Bertz CT molecular complexity index is 787. The first-order valence-corrected chi connectivity index (χ1v) is 6.11. The van der Waals surface area contributed by atoms with E-state index in [-0.39, 0.29) is 5.97 Å². The maximum absolute atomic E-state index is 11.1. The summed E-state index contributed by atoms with van der Waals surface area (Å²) in [7, 11) is 0. The fraction of sp³-hybridized carbons (Fsp3) is 0.0667. The smallest absolute Gasteiger partial charge is 0.308 e. The van der Waals surface area contributed by atoms with Gasteiger partial charge in [-0.3, -0.25) is 4.79 Å². The van der Waals surface area contributed by atoms with Crippen LogP contribution in [0.1, 0.15) is 6.92 Å². The molecule has 0 aliphatic rings. The summed E-state index contributed by atoms with van der Waals surface area (Å²) in [5.41, 5.74) is 2.11. The summed E-state index contributed by atoms with van der Waals surface area (Å²) in [6.07, 6.45) is 0. The summed E-state index contributed by atoms with van der Waals surface area (Å²) < 4.78 is 5.17. The minimum absolute atomic E-state index is 0.383. The minimum atomic E-state index is -0.383. The van der Waals surface area contributed by atoms with E-state index in [0.717, 1.165) is 11.0 Å². The second kappa shape index (κ2) is 5.05. The van der Waals surface area contributed by atoms with Gasteiger partial charge in [0.2, 0.25) is 0 Å². The van der Waals surface area contributed by atoms with Gasteiger partial charge in [0.05, 0.1) is 11.1 Å². The number of aromatic nitrogens is 3. The van der Waals surface area contributed by atoms with Crippen LogP contribution in [0, 0.1) is 0 Å². The van der Waals surface area contributed by atoms with Crippen molar-refractivity contribution in [2.24, 2.45) is 0 Å². The number of hydrogen-bond acceptors (Lipinski definition) is 5. The van der Waals surface area contributed by atoms with Gasteiger partial charge in [0.1, 0.15) is 11.3 Å². The third kappa shape index (κ3) is 2.33. The first-order valence-electron chi connectivity index (χ1n) is 6.11. The Kier molecular flexibility index (Phi) is 3.09. The van der Waals surface area contributed by atoms with Gasteiger partial charge in [0.25, 0.3) is 0 Å². The fourth-order valence-corrected chi connectivity index (χ4v) is 1.89. The van der Waals surface area contributed by atoms with Gasteiger partial charge in [-0.1, -0.05) is 24.3 Å². The van der Waals surface area contributed by atoms with Crippen LogP contribution in [-0.4, -0.2) is 21.2 Å². The number of rotatable bonds is 2. The van der Waals surface area contributed by atoms with E-state index in [1.54, 1.807) is 18.2 Å². The van der Waals surface area contributed by atoms with E-state index in [1.807, 2.05) is 30.3 Å². The van der Waals surface area contributed by atoms with E-state index in [1.165, 1.54) is 6.92 Å². The van der Waals surface area contributed by atoms with Crippen molar-refractivity contribution >= 4 is 17.0 Å². The summed E-state index contributed by atoms with van der Waals surface area (Å²) >= 11 is 0. The molecule has 0 aliphatic heterocycles. The first kappa shape index (κ1) is 12.2. The molecule has 5 heteroatoms. The lowest BCUT2D eigenvalue weighted by Crippen LogP contribution is -2.03. The van der Waals surface area contributed by atoms with Crippen molar-refractivity contribution < 1.29 is 9.53 Å². The first-order chi connectivity index (χ1) is 9.74. The average Bonchev–Trinajstić information content (AvgIpc) is 2.47. The van der Waals surface area contributed by atoms with Crippen molar-refractivity contribution in [3.8, 4) is 17.1 Å². The maximum Gasteiger partial charge on any atom is 0.308 e.